The highest BCUT2D eigenvalue weighted by atomic mass is 79.9. The molecule has 2 N–H and O–H groups in total. The normalized spacial score (nSPS) is 14.2. The summed E-state index contributed by atoms with van der Waals surface area (Å²) in [4.78, 5) is 9.41. The summed E-state index contributed by atoms with van der Waals surface area (Å²) in [5.74, 6) is 1.64. The highest BCUT2D eigenvalue weighted by molar-refractivity contribution is 9.10. The summed E-state index contributed by atoms with van der Waals surface area (Å²) in [6.07, 6.45) is 5.95. The van der Waals surface area contributed by atoms with Crippen molar-refractivity contribution >= 4 is 38.2 Å². The van der Waals surface area contributed by atoms with Gasteiger partial charge >= 0.3 is 0 Å². The fourth-order valence-corrected chi connectivity index (χ4v) is 2.60. The van der Waals surface area contributed by atoms with Crippen LogP contribution < -0.4 is 10.6 Å². The van der Waals surface area contributed by atoms with Gasteiger partial charge < -0.3 is 10.6 Å². The quantitative estimate of drug-likeness (QED) is 0.890. The molecule has 0 saturated heterocycles. The molecule has 0 fully saturated rings. The smallest absolute Gasteiger partial charge is 0.159 e. The lowest BCUT2D eigenvalue weighted by Crippen LogP contribution is -2.16. The molecule has 1 aromatic heterocycles. The number of hydrogen-bond donors (Lipinski definition) is 2. The predicted octanol–water partition coefficient (Wildman–Crippen LogP) is 3.71. The Balaban J connectivity index is 2.16. The number of nitrogens with one attached hydrogen (secondary N) is 2. The Labute approximate surface area is 132 Å². The maximum atomic E-state index is 4.72. The fraction of sp³-hybridized carbons (Fsp3) is 0.250. The molecule has 1 aliphatic rings. The molecule has 0 unspecified atom stereocenters. The summed E-state index contributed by atoms with van der Waals surface area (Å²) in [6.45, 7) is 4.96. The lowest BCUT2D eigenvalue weighted by molar-refractivity contribution is 0.887. The second-order valence-electron chi connectivity index (χ2n) is 5.29. The average Bonchev–Trinajstić information content (AvgIpc) is 2.48. The summed E-state index contributed by atoms with van der Waals surface area (Å²) in [5, 5.41) is 7.64. The second kappa shape index (κ2) is 5.85. The molecular formula is C16H17BrN4. The van der Waals surface area contributed by atoms with E-state index in [-0.39, 0.29) is 0 Å². The van der Waals surface area contributed by atoms with Gasteiger partial charge in [-0.25, -0.2) is 9.97 Å². The van der Waals surface area contributed by atoms with E-state index < -0.39 is 0 Å². The number of halogens is 1. The monoisotopic (exact) mass is 344 g/mol. The molecule has 1 aliphatic heterocycles. The average molecular weight is 345 g/mol. The number of fused-ring (bicyclic) bond motifs is 1. The zero-order valence-corrected chi connectivity index (χ0v) is 13.6. The highest BCUT2D eigenvalue weighted by Gasteiger charge is 2.12. The minimum atomic E-state index is 0.313. The van der Waals surface area contributed by atoms with Gasteiger partial charge in [-0.05, 0) is 44.3 Å². The van der Waals surface area contributed by atoms with Crippen molar-refractivity contribution in [3.05, 3.63) is 46.8 Å². The molecule has 0 atom stereocenters. The van der Waals surface area contributed by atoms with Crippen molar-refractivity contribution in [2.24, 2.45) is 0 Å². The summed E-state index contributed by atoms with van der Waals surface area (Å²) in [5.41, 5.74) is 2.04. The molecule has 0 amide bonds. The summed E-state index contributed by atoms with van der Waals surface area (Å²) in [6, 6.07) is 6.39. The highest BCUT2D eigenvalue weighted by Crippen LogP contribution is 2.26. The SMILES string of the molecule is CC(C)Nc1nc(C2=CC=CNC2)nc2ccc(Br)cc12. The van der Waals surface area contributed by atoms with Gasteiger partial charge in [0.25, 0.3) is 0 Å². The Bertz CT molecular complexity index is 734. The van der Waals surface area contributed by atoms with Crippen molar-refractivity contribution in [1.82, 2.24) is 15.3 Å². The van der Waals surface area contributed by atoms with Crippen LogP contribution in [0.2, 0.25) is 0 Å². The maximum absolute atomic E-state index is 4.72. The van der Waals surface area contributed by atoms with E-state index in [1.807, 2.05) is 24.4 Å². The van der Waals surface area contributed by atoms with Gasteiger partial charge in [0.1, 0.15) is 5.82 Å². The van der Waals surface area contributed by atoms with Crippen LogP contribution in [0.25, 0.3) is 16.5 Å². The third-order valence-electron chi connectivity index (χ3n) is 3.17. The van der Waals surface area contributed by atoms with Gasteiger partial charge in [-0.1, -0.05) is 22.0 Å². The van der Waals surface area contributed by atoms with Crippen LogP contribution in [0.1, 0.15) is 19.7 Å². The van der Waals surface area contributed by atoms with E-state index in [0.29, 0.717) is 6.04 Å². The van der Waals surface area contributed by atoms with Gasteiger partial charge in [-0.3, -0.25) is 0 Å². The Morgan fingerprint density at radius 2 is 2.14 bits per heavy atom. The molecule has 0 aliphatic carbocycles. The van der Waals surface area contributed by atoms with Crippen LogP contribution >= 0.6 is 15.9 Å². The zero-order chi connectivity index (χ0) is 14.8. The second-order valence-corrected chi connectivity index (χ2v) is 6.20. The molecule has 0 bridgehead atoms. The number of dihydropyridines is 1. The van der Waals surface area contributed by atoms with Gasteiger partial charge in [0, 0.05) is 28.0 Å². The minimum Gasteiger partial charge on any atom is -0.387 e. The van der Waals surface area contributed by atoms with Crippen LogP contribution in [0.15, 0.2) is 41.0 Å². The number of aromatic nitrogens is 2. The van der Waals surface area contributed by atoms with E-state index in [0.717, 1.165) is 39.1 Å². The Hall–Kier alpha value is -1.88. The van der Waals surface area contributed by atoms with Crippen LogP contribution in [-0.2, 0) is 0 Å². The molecule has 108 valence electrons. The van der Waals surface area contributed by atoms with E-state index in [4.69, 9.17) is 9.97 Å². The topological polar surface area (TPSA) is 49.8 Å². The molecule has 3 rings (SSSR count). The van der Waals surface area contributed by atoms with E-state index in [2.05, 4.69) is 52.6 Å². The third-order valence-corrected chi connectivity index (χ3v) is 3.67. The zero-order valence-electron chi connectivity index (χ0n) is 12.0. The van der Waals surface area contributed by atoms with Crippen LogP contribution in [0.4, 0.5) is 5.82 Å². The first-order valence-corrected chi connectivity index (χ1v) is 7.76. The number of allylic oxidation sites excluding steroid dienone is 2. The number of anilines is 1. The number of hydrogen-bond acceptors (Lipinski definition) is 4. The van der Waals surface area contributed by atoms with Gasteiger partial charge in [0.2, 0.25) is 0 Å². The summed E-state index contributed by atoms with van der Waals surface area (Å²) < 4.78 is 1.03. The van der Waals surface area contributed by atoms with Gasteiger partial charge in [-0.15, -0.1) is 0 Å². The van der Waals surface area contributed by atoms with Gasteiger partial charge in [-0.2, -0.15) is 0 Å². The van der Waals surface area contributed by atoms with E-state index in [1.54, 1.807) is 0 Å². The molecule has 2 heterocycles. The van der Waals surface area contributed by atoms with Crippen molar-refractivity contribution in [1.29, 1.82) is 0 Å². The number of benzene rings is 1. The molecule has 1 aromatic carbocycles. The molecular weight excluding hydrogens is 328 g/mol. The molecule has 21 heavy (non-hydrogen) atoms. The largest absolute Gasteiger partial charge is 0.387 e. The van der Waals surface area contributed by atoms with E-state index in [9.17, 15) is 0 Å². The van der Waals surface area contributed by atoms with Crippen molar-refractivity contribution in [2.75, 3.05) is 11.9 Å². The Kier molecular flexibility index (Phi) is 3.92. The summed E-state index contributed by atoms with van der Waals surface area (Å²) in [7, 11) is 0. The fourth-order valence-electron chi connectivity index (χ4n) is 2.24. The molecule has 2 aromatic rings. The van der Waals surface area contributed by atoms with Crippen molar-refractivity contribution in [3.8, 4) is 0 Å². The maximum Gasteiger partial charge on any atom is 0.159 e. The standard InChI is InChI=1S/C16H17BrN4/c1-10(2)19-16-13-8-12(17)5-6-14(13)20-15(21-16)11-4-3-7-18-9-11/h3-8,10,18H,9H2,1-2H3,(H,19,20,21). The molecule has 0 spiro atoms. The first-order chi connectivity index (χ1) is 10.1. The Morgan fingerprint density at radius 3 is 2.86 bits per heavy atom. The van der Waals surface area contributed by atoms with Gasteiger partial charge in [0.05, 0.1) is 5.52 Å². The molecule has 5 heteroatoms. The molecule has 0 radical (unpaired) electrons. The van der Waals surface area contributed by atoms with Crippen molar-refractivity contribution in [3.63, 3.8) is 0 Å². The van der Waals surface area contributed by atoms with Crippen LogP contribution in [0.5, 0.6) is 0 Å². The minimum absolute atomic E-state index is 0.313. The first-order valence-electron chi connectivity index (χ1n) is 6.97. The van der Waals surface area contributed by atoms with E-state index in [1.165, 1.54) is 0 Å². The van der Waals surface area contributed by atoms with Crippen molar-refractivity contribution < 1.29 is 0 Å². The molecule has 4 nitrogen and oxygen atoms in total. The van der Waals surface area contributed by atoms with Crippen LogP contribution in [0, 0.1) is 0 Å². The number of nitrogens with zero attached hydrogens (tertiary/aromatic N) is 2. The lowest BCUT2D eigenvalue weighted by Gasteiger charge is -2.15. The first kappa shape index (κ1) is 14.1. The molecule has 0 saturated carbocycles. The van der Waals surface area contributed by atoms with E-state index >= 15 is 0 Å². The van der Waals surface area contributed by atoms with Crippen LogP contribution in [0.3, 0.4) is 0 Å². The van der Waals surface area contributed by atoms with Crippen molar-refractivity contribution in [2.45, 2.75) is 19.9 Å². The van der Waals surface area contributed by atoms with Crippen LogP contribution in [-0.4, -0.2) is 22.6 Å². The third kappa shape index (κ3) is 3.08. The van der Waals surface area contributed by atoms with Gasteiger partial charge in [0.15, 0.2) is 5.82 Å². The summed E-state index contributed by atoms with van der Waals surface area (Å²) >= 11 is 3.51. The number of rotatable bonds is 3. The Morgan fingerprint density at radius 1 is 1.29 bits per heavy atom. The predicted molar refractivity (Wildman–Crippen MR) is 91.1 cm³/mol. The lowest BCUT2D eigenvalue weighted by atomic mass is 10.1.